The Bertz CT molecular complexity index is 446. The van der Waals surface area contributed by atoms with Gasteiger partial charge < -0.3 is 11.1 Å². The van der Waals surface area contributed by atoms with Crippen LogP contribution in [0.2, 0.25) is 0 Å². The van der Waals surface area contributed by atoms with Crippen LogP contribution in [0.5, 0.6) is 0 Å². The zero-order chi connectivity index (χ0) is 13.0. The number of rotatable bonds is 5. The molecule has 0 aliphatic carbocycles. The second-order valence-corrected chi connectivity index (χ2v) is 3.97. The van der Waals surface area contributed by atoms with Gasteiger partial charge in [0.2, 0.25) is 5.91 Å². The Labute approximate surface area is 99.0 Å². The van der Waals surface area contributed by atoms with Crippen LogP contribution < -0.4 is 11.1 Å². The molecule has 0 aromatic heterocycles. The van der Waals surface area contributed by atoms with Gasteiger partial charge >= 0.3 is 0 Å². The Morgan fingerprint density at radius 1 is 1.59 bits per heavy atom. The summed E-state index contributed by atoms with van der Waals surface area (Å²) in [4.78, 5) is 20.9. The minimum atomic E-state index is -0.455. The highest BCUT2D eigenvalue weighted by Crippen LogP contribution is 2.22. The first-order valence-corrected chi connectivity index (χ1v) is 5.20. The predicted molar refractivity (Wildman–Crippen MR) is 64.7 cm³/mol. The molecular weight excluding hydrogens is 222 g/mol. The van der Waals surface area contributed by atoms with Crippen molar-refractivity contribution < 1.29 is 9.72 Å². The number of benzene rings is 1. The van der Waals surface area contributed by atoms with E-state index in [-0.39, 0.29) is 18.2 Å². The van der Waals surface area contributed by atoms with Crippen molar-refractivity contribution in [3.63, 3.8) is 0 Å². The van der Waals surface area contributed by atoms with Crippen LogP contribution in [-0.2, 0) is 4.79 Å². The van der Waals surface area contributed by atoms with Gasteiger partial charge in [-0.1, -0.05) is 6.07 Å². The molecule has 0 bridgehead atoms. The quantitative estimate of drug-likeness (QED) is 0.600. The number of primary amides is 1. The highest BCUT2D eigenvalue weighted by atomic mass is 16.6. The monoisotopic (exact) mass is 237 g/mol. The summed E-state index contributed by atoms with van der Waals surface area (Å²) in [5.41, 5.74) is 6.62. The fourth-order valence-electron chi connectivity index (χ4n) is 1.50. The van der Waals surface area contributed by atoms with Gasteiger partial charge in [-0.15, -0.1) is 0 Å². The minimum Gasteiger partial charge on any atom is -0.382 e. The Morgan fingerprint density at radius 3 is 2.76 bits per heavy atom. The maximum absolute atomic E-state index is 10.7. The minimum absolute atomic E-state index is 0.0179. The van der Waals surface area contributed by atoms with E-state index in [4.69, 9.17) is 5.73 Å². The van der Waals surface area contributed by atoms with Crippen molar-refractivity contribution in [3.05, 3.63) is 33.9 Å². The number of carbonyl (C=O) groups is 1. The Hall–Kier alpha value is -2.11. The molecule has 1 aromatic rings. The van der Waals surface area contributed by atoms with Crippen LogP contribution in [0, 0.1) is 17.0 Å². The average molecular weight is 237 g/mol. The standard InChI is InChI=1S/C11H15N3O3/c1-7-3-4-9(14(16)17)6-10(7)13-8(2)5-11(12)15/h3-4,6,8,13H,5H2,1-2H3,(H2,12,15). The zero-order valence-corrected chi connectivity index (χ0v) is 9.77. The molecule has 0 heterocycles. The van der Waals surface area contributed by atoms with E-state index in [1.807, 2.05) is 6.92 Å². The Morgan fingerprint density at radius 2 is 2.24 bits per heavy atom. The molecule has 3 N–H and O–H groups in total. The fraction of sp³-hybridized carbons (Fsp3) is 0.364. The van der Waals surface area contributed by atoms with E-state index in [1.54, 1.807) is 13.0 Å². The van der Waals surface area contributed by atoms with E-state index in [0.29, 0.717) is 5.69 Å². The third-order valence-electron chi connectivity index (χ3n) is 2.34. The Balaban J connectivity index is 2.86. The van der Waals surface area contributed by atoms with Crippen molar-refractivity contribution in [1.29, 1.82) is 0 Å². The Kier molecular flexibility index (Phi) is 4.03. The lowest BCUT2D eigenvalue weighted by molar-refractivity contribution is -0.384. The molecule has 0 radical (unpaired) electrons. The molecule has 1 atom stereocenters. The van der Waals surface area contributed by atoms with Gasteiger partial charge in [0.05, 0.1) is 4.92 Å². The van der Waals surface area contributed by atoms with Gasteiger partial charge in [0.25, 0.3) is 5.69 Å². The first kappa shape index (κ1) is 13.0. The number of nitrogens with one attached hydrogen (secondary N) is 1. The van der Waals surface area contributed by atoms with E-state index >= 15 is 0 Å². The number of amides is 1. The van der Waals surface area contributed by atoms with Gasteiger partial charge in [-0.25, -0.2) is 0 Å². The van der Waals surface area contributed by atoms with E-state index in [1.165, 1.54) is 12.1 Å². The summed E-state index contributed by atoms with van der Waals surface area (Å²) in [6.07, 6.45) is 0.183. The summed E-state index contributed by atoms with van der Waals surface area (Å²) in [6.45, 7) is 3.63. The number of nitrogens with zero attached hydrogens (tertiary/aromatic N) is 1. The van der Waals surface area contributed by atoms with Crippen LogP contribution in [-0.4, -0.2) is 16.9 Å². The highest BCUT2D eigenvalue weighted by molar-refractivity contribution is 5.75. The van der Waals surface area contributed by atoms with Crippen molar-refractivity contribution in [2.24, 2.45) is 5.73 Å². The number of anilines is 1. The summed E-state index contributed by atoms with van der Waals surface area (Å²) in [5.74, 6) is -0.409. The van der Waals surface area contributed by atoms with Gasteiger partial charge in [-0.05, 0) is 19.4 Å². The zero-order valence-electron chi connectivity index (χ0n) is 9.77. The van der Waals surface area contributed by atoms with Crippen LogP contribution >= 0.6 is 0 Å². The predicted octanol–water partition coefficient (Wildman–Crippen LogP) is 1.58. The van der Waals surface area contributed by atoms with Crippen molar-refractivity contribution >= 4 is 17.3 Å². The van der Waals surface area contributed by atoms with E-state index in [9.17, 15) is 14.9 Å². The largest absolute Gasteiger partial charge is 0.382 e. The van der Waals surface area contributed by atoms with E-state index in [2.05, 4.69) is 5.32 Å². The number of non-ortho nitro benzene ring substituents is 1. The number of nitro benzene ring substituents is 1. The van der Waals surface area contributed by atoms with Gasteiger partial charge in [-0.2, -0.15) is 0 Å². The average Bonchev–Trinajstić information content (AvgIpc) is 2.19. The van der Waals surface area contributed by atoms with Crippen molar-refractivity contribution in [2.75, 3.05) is 5.32 Å². The molecule has 1 amide bonds. The summed E-state index contributed by atoms with van der Waals surface area (Å²) in [7, 11) is 0. The molecule has 0 fully saturated rings. The van der Waals surface area contributed by atoms with Crippen LogP contribution in [0.1, 0.15) is 18.9 Å². The number of hydrogen-bond acceptors (Lipinski definition) is 4. The van der Waals surface area contributed by atoms with E-state index in [0.717, 1.165) is 5.56 Å². The molecule has 0 saturated carbocycles. The van der Waals surface area contributed by atoms with Crippen molar-refractivity contribution in [2.45, 2.75) is 26.3 Å². The molecule has 1 aromatic carbocycles. The molecule has 0 saturated heterocycles. The molecule has 6 nitrogen and oxygen atoms in total. The van der Waals surface area contributed by atoms with Gasteiger partial charge in [-0.3, -0.25) is 14.9 Å². The summed E-state index contributed by atoms with van der Waals surface area (Å²) in [5, 5.41) is 13.7. The van der Waals surface area contributed by atoms with Gasteiger partial charge in [0.1, 0.15) is 0 Å². The molecule has 6 heteroatoms. The maximum Gasteiger partial charge on any atom is 0.271 e. The normalized spacial score (nSPS) is 11.9. The van der Waals surface area contributed by atoms with Crippen molar-refractivity contribution in [1.82, 2.24) is 0 Å². The lowest BCUT2D eigenvalue weighted by Gasteiger charge is -2.15. The molecule has 1 rings (SSSR count). The smallest absolute Gasteiger partial charge is 0.271 e. The molecule has 17 heavy (non-hydrogen) atoms. The molecular formula is C11H15N3O3. The number of nitro groups is 1. The second-order valence-electron chi connectivity index (χ2n) is 3.97. The third kappa shape index (κ3) is 3.75. The molecule has 0 aliphatic heterocycles. The number of aryl methyl sites for hydroxylation is 1. The first-order valence-electron chi connectivity index (χ1n) is 5.20. The maximum atomic E-state index is 10.7. The summed E-state index contributed by atoms with van der Waals surface area (Å²) in [6, 6.07) is 4.40. The number of hydrogen-bond donors (Lipinski definition) is 2. The lowest BCUT2D eigenvalue weighted by atomic mass is 10.1. The molecule has 0 aliphatic rings. The van der Waals surface area contributed by atoms with Crippen LogP contribution in [0.3, 0.4) is 0 Å². The van der Waals surface area contributed by atoms with E-state index < -0.39 is 10.8 Å². The summed E-state index contributed by atoms with van der Waals surface area (Å²) < 4.78 is 0. The van der Waals surface area contributed by atoms with Gasteiger partial charge in [0.15, 0.2) is 0 Å². The highest BCUT2D eigenvalue weighted by Gasteiger charge is 2.11. The topological polar surface area (TPSA) is 98.3 Å². The van der Waals surface area contributed by atoms with Crippen molar-refractivity contribution in [3.8, 4) is 0 Å². The summed E-state index contributed by atoms with van der Waals surface area (Å²) >= 11 is 0. The molecule has 0 spiro atoms. The lowest BCUT2D eigenvalue weighted by Crippen LogP contribution is -2.24. The number of nitrogens with two attached hydrogens (primary N) is 1. The molecule has 92 valence electrons. The number of carbonyl (C=O) groups excluding carboxylic acids is 1. The van der Waals surface area contributed by atoms with Crippen LogP contribution in [0.15, 0.2) is 18.2 Å². The molecule has 1 unspecified atom stereocenters. The fourth-order valence-corrected chi connectivity index (χ4v) is 1.50. The third-order valence-corrected chi connectivity index (χ3v) is 2.34. The second kappa shape index (κ2) is 5.29. The SMILES string of the molecule is Cc1ccc([N+](=O)[O-])cc1NC(C)CC(N)=O. The van der Waals surface area contributed by atoms with Crippen LogP contribution in [0.25, 0.3) is 0 Å². The van der Waals surface area contributed by atoms with Gasteiger partial charge in [0, 0.05) is 30.3 Å². The first-order chi connectivity index (χ1) is 7.90. The van der Waals surface area contributed by atoms with Crippen LogP contribution in [0.4, 0.5) is 11.4 Å².